The summed E-state index contributed by atoms with van der Waals surface area (Å²) < 4.78 is 27.2. The first-order valence-electron chi connectivity index (χ1n) is 7.15. The van der Waals surface area contributed by atoms with Crippen molar-refractivity contribution >= 4 is 21.4 Å². The van der Waals surface area contributed by atoms with Crippen LogP contribution in [0, 0.1) is 12.8 Å². The van der Waals surface area contributed by atoms with E-state index in [4.69, 9.17) is 0 Å². The van der Waals surface area contributed by atoms with Gasteiger partial charge in [0.2, 0.25) is 0 Å². The molecule has 0 saturated heterocycles. The fourth-order valence-corrected chi connectivity index (χ4v) is 5.82. The number of nitrogens with one attached hydrogen (secondary N) is 1. The van der Waals surface area contributed by atoms with E-state index in [0.29, 0.717) is 16.7 Å². The standard InChI is InChI=1S/C14H24N2O2S2/c1-11-8-14(19-13(11)9-15-2)20(17,18)16(3)10-12-6-4-5-7-12/h8,12,15H,4-7,9-10H2,1-3H3. The fourth-order valence-electron chi connectivity index (χ4n) is 2.76. The Hall–Kier alpha value is -0.430. The second kappa shape index (κ2) is 6.56. The molecule has 20 heavy (non-hydrogen) atoms. The molecule has 1 N–H and O–H groups in total. The molecule has 0 aromatic carbocycles. The molecule has 1 aliphatic rings. The first kappa shape index (κ1) is 15.9. The highest BCUT2D eigenvalue weighted by molar-refractivity contribution is 7.91. The zero-order chi connectivity index (χ0) is 14.8. The van der Waals surface area contributed by atoms with E-state index in [1.807, 2.05) is 14.0 Å². The predicted molar refractivity (Wildman–Crippen MR) is 83.6 cm³/mol. The number of sulfonamides is 1. The zero-order valence-corrected chi connectivity index (χ0v) is 14.1. The van der Waals surface area contributed by atoms with Crippen molar-refractivity contribution in [2.24, 2.45) is 5.92 Å². The number of nitrogens with zero attached hydrogens (tertiary/aromatic N) is 1. The largest absolute Gasteiger partial charge is 0.315 e. The lowest BCUT2D eigenvalue weighted by molar-refractivity contribution is 0.388. The fraction of sp³-hybridized carbons (Fsp3) is 0.714. The summed E-state index contributed by atoms with van der Waals surface area (Å²) in [6.07, 6.45) is 4.80. The van der Waals surface area contributed by atoms with Crippen LogP contribution < -0.4 is 5.32 Å². The minimum Gasteiger partial charge on any atom is -0.315 e. The van der Waals surface area contributed by atoms with E-state index in [9.17, 15) is 8.42 Å². The van der Waals surface area contributed by atoms with Crippen molar-refractivity contribution in [3.63, 3.8) is 0 Å². The second-order valence-corrected chi connectivity index (χ2v) is 9.05. The van der Waals surface area contributed by atoms with Gasteiger partial charge in [0.05, 0.1) is 0 Å². The Balaban J connectivity index is 2.14. The van der Waals surface area contributed by atoms with Crippen molar-refractivity contribution in [3.05, 3.63) is 16.5 Å². The SMILES string of the molecule is CNCc1sc(S(=O)(=O)N(C)CC2CCCC2)cc1C. The van der Waals surface area contributed by atoms with Gasteiger partial charge in [-0.1, -0.05) is 12.8 Å². The van der Waals surface area contributed by atoms with Crippen molar-refractivity contribution in [1.82, 2.24) is 9.62 Å². The van der Waals surface area contributed by atoms with Crippen LogP contribution >= 0.6 is 11.3 Å². The third kappa shape index (κ3) is 3.42. The van der Waals surface area contributed by atoms with Crippen LogP contribution in [0.25, 0.3) is 0 Å². The Morgan fingerprint density at radius 3 is 2.65 bits per heavy atom. The lowest BCUT2D eigenvalue weighted by Gasteiger charge is -2.19. The highest BCUT2D eigenvalue weighted by Crippen LogP contribution is 2.30. The molecular weight excluding hydrogens is 292 g/mol. The molecule has 2 rings (SSSR count). The van der Waals surface area contributed by atoms with E-state index < -0.39 is 10.0 Å². The van der Waals surface area contributed by atoms with Gasteiger partial charge in [0, 0.05) is 25.0 Å². The van der Waals surface area contributed by atoms with Crippen LogP contribution in [0.1, 0.15) is 36.1 Å². The van der Waals surface area contributed by atoms with Crippen LogP contribution in [-0.4, -0.2) is 33.4 Å². The zero-order valence-electron chi connectivity index (χ0n) is 12.5. The van der Waals surface area contributed by atoms with Gasteiger partial charge in [-0.2, -0.15) is 4.31 Å². The second-order valence-electron chi connectivity index (χ2n) is 5.64. The molecule has 0 aliphatic heterocycles. The minimum absolute atomic E-state index is 0.473. The molecular formula is C14H24N2O2S2. The molecule has 1 heterocycles. The number of thiophene rings is 1. The van der Waals surface area contributed by atoms with Gasteiger partial charge < -0.3 is 5.32 Å². The van der Waals surface area contributed by atoms with Crippen LogP contribution in [0.2, 0.25) is 0 Å². The van der Waals surface area contributed by atoms with Gasteiger partial charge in [-0.05, 0) is 44.4 Å². The van der Waals surface area contributed by atoms with Gasteiger partial charge in [0.25, 0.3) is 10.0 Å². The molecule has 0 atom stereocenters. The lowest BCUT2D eigenvalue weighted by atomic mass is 10.1. The van der Waals surface area contributed by atoms with E-state index in [-0.39, 0.29) is 0 Å². The van der Waals surface area contributed by atoms with Gasteiger partial charge >= 0.3 is 0 Å². The number of aryl methyl sites for hydroxylation is 1. The Labute approximate surface area is 126 Å². The summed E-state index contributed by atoms with van der Waals surface area (Å²) in [5.74, 6) is 0.535. The van der Waals surface area contributed by atoms with Crippen LogP contribution in [0.3, 0.4) is 0 Å². The van der Waals surface area contributed by atoms with Gasteiger partial charge in [0.1, 0.15) is 4.21 Å². The van der Waals surface area contributed by atoms with E-state index in [0.717, 1.165) is 29.8 Å². The van der Waals surface area contributed by atoms with Crippen LogP contribution in [0.15, 0.2) is 10.3 Å². The Morgan fingerprint density at radius 1 is 1.40 bits per heavy atom. The molecule has 114 valence electrons. The van der Waals surface area contributed by atoms with Crippen LogP contribution in [0.4, 0.5) is 0 Å². The van der Waals surface area contributed by atoms with Crippen LogP contribution in [-0.2, 0) is 16.6 Å². The Kier molecular flexibility index (Phi) is 5.23. The van der Waals surface area contributed by atoms with Gasteiger partial charge in [-0.3, -0.25) is 0 Å². The van der Waals surface area contributed by atoms with E-state index >= 15 is 0 Å². The van der Waals surface area contributed by atoms with Crippen molar-refractivity contribution in [2.45, 2.75) is 43.4 Å². The summed E-state index contributed by atoms with van der Waals surface area (Å²) in [7, 11) is 0.261. The summed E-state index contributed by atoms with van der Waals surface area (Å²) in [5, 5.41) is 3.08. The average Bonchev–Trinajstić information content (AvgIpc) is 3.01. The first-order valence-corrected chi connectivity index (χ1v) is 9.41. The maximum atomic E-state index is 12.6. The van der Waals surface area contributed by atoms with Crippen molar-refractivity contribution in [1.29, 1.82) is 0 Å². The Morgan fingerprint density at radius 2 is 2.05 bits per heavy atom. The molecule has 1 aromatic rings. The molecule has 0 radical (unpaired) electrons. The highest BCUT2D eigenvalue weighted by atomic mass is 32.2. The third-order valence-electron chi connectivity index (χ3n) is 3.99. The quantitative estimate of drug-likeness (QED) is 0.877. The summed E-state index contributed by atoms with van der Waals surface area (Å²) in [6, 6.07) is 1.80. The Bertz CT molecular complexity index is 546. The molecule has 0 unspecified atom stereocenters. The normalized spacial score (nSPS) is 17.2. The molecule has 0 spiro atoms. The van der Waals surface area contributed by atoms with E-state index in [1.165, 1.54) is 28.5 Å². The molecule has 4 nitrogen and oxygen atoms in total. The lowest BCUT2D eigenvalue weighted by Crippen LogP contribution is -2.30. The molecule has 6 heteroatoms. The molecule has 1 aromatic heterocycles. The van der Waals surface area contributed by atoms with E-state index in [2.05, 4.69) is 5.32 Å². The van der Waals surface area contributed by atoms with Crippen molar-refractivity contribution in [3.8, 4) is 0 Å². The van der Waals surface area contributed by atoms with Gasteiger partial charge in [-0.25, -0.2) is 8.42 Å². The number of hydrogen-bond donors (Lipinski definition) is 1. The summed E-state index contributed by atoms with van der Waals surface area (Å²) >= 11 is 1.39. The predicted octanol–water partition coefficient (Wildman–Crippen LogP) is 2.59. The topological polar surface area (TPSA) is 49.4 Å². The maximum absolute atomic E-state index is 12.6. The summed E-state index contributed by atoms with van der Waals surface area (Å²) in [4.78, 5) is 1.10. The first-order chi connectivity index (χ1) is 9.45. The van der Waals surface area contributed by atoms with Crippen molar-refractivity contribution in [2.75, 3.05) is 20.6 Å². The monoisotopic (exact) mass is 316 g/mol. The molecule has 0 amide bonds. The molecule has 1 fully saturated rings. The highest BCUT2D eigenvalue weighted by Gasteiger charge is 2.27. The molecule has 1 aliphatic carbocycles. The van der Waals surface area contributed by atoms with Crippen LogP contribution in [0.5, 0.6) is 0 Å². The molecule has 1 saturated carbocycles. The summed E-state index contributed by atoms with van der Waals surface area (Å²) in [5.41, 5.74) is 1.05. The van der Waals surface area contributed by atoms with Gasteiger partial charge in [-0.15, -0.1) is 11.3 Å². The minimum atomic E-state index is -3.32. The third-order valence-corrected chi connectivity index (χ3v) is 7.50. The van der Waals surface area contributed by atoms with E-state index in [1.54, 1.807) is 13.1 Å². The molecule has 0 bridgehead atoms. The smallest absolute Gasteiger partial charge is 0.252 e. The summed E-state index contributed by atoms with van der Waals surface area (Å²) in [6.45, 7) is 3.35. The van der Waals surface area contributed by atoms with Crippen molar-refractivity contribution < 1.29 is 8.42 Å². The van der Waals surface area contributed by atoms with Gasteiger partial charge in [0.15, 0.2) is 0 Å². The maximum Gasteiger partial charge on any atom is 0.252 e. The number of rotatable bonds is 6. The average molecular weight is 316 g/mol. The number of hydrogen-bond acceptors (Lipinski definition) is 4.